The molecule has 2 aromatic rings. The number of nitrogen functional groups attached to an aromatic ring is 1. The Morgan fingerprint density at radius 1 is 1.53 bits per heavy atom. The Hall–Kier alpha value is -1.69. The van der Waals surface area contributed by atoms with Crippen molar-refractivity contribution in [2.75, 3.05) is 12.8 Å². The van der Waals surface area contributed by atoms with Gasteiger partial charge in [-0.15, -0.1) is 5.10 Å². The Kier molecular flexibility index (Phi) is 3.23. The molecule has 1 heterocycles. The van der Waals surface area contributed by atoms with Crippen molar-refractivity contribution < 1.29 is 9.13 Å². The molecule has 0 fully saturated rings. The number of hydrogen-bond acceptors (Lipinski definition) is 4. The van der Waals surface area contributed by atoms with Gasteiger partial charge in [0.15, 0.2) is 0 Å². The minimum Gasteiger partial charge on any atom is -0.396 e. The highest BCUT2D eigenvalue weighted by Gasteiger charge is 2.09. The number of benzene rings is 1. The molecule has 1 atom stereocenters. The van der Waals surface area contributed by atoms with Gasteiger partial charge in [0.1, 0.15) is 11.3 Å². The number of nitrogens with two attached hydrogens (primary N) is 1. The van der Waals surface area contributed by atoms with Gasteiger partial charge in [-0.1, -0.05) is 5.21 Å². The summed E-state index contributed by atoms with van der Waals surface area (Å²) < 4.78 is 20.2. The van der Waals surface area contributed by atoms with Crippen molar-refractivity contribution in [1.29, 1.82) is 0 Å². The molecule has 0 amide bonds. The summed E-state index contributed by atoms with van der Waals surface area (Å²) in [5, 5.41) is 7.92. The molecule has 0 bridgehead atoms. The molecule has 0 aliphatic rings. The fourth-order valence-corrected chi connectivity index (χ4v) is 1.59. The zero-order valence-corrected chi connectivity index (χ0v) is 9.85. The first-order chi connectivity index (χ1) is 8.11. The van der Waals surface area contributed by atoms with Gasteiger partial charge in [0.2, 0.25) is 0 Å². The summed E-state index contributed by atoms with van der Waals surface area (Å²) in [6.45, 7) is 2.60. The van der Waals surface area contributed by atoms with E-state index < -0.39 is 5.82 Å². The van der Waals surface area contributed by atoms with Crippen LogP contribution in [0.3, 0.4) is 0 Å². The molecule has 1 aromatic carbocycles. The van der Waals surface area contributed by atoms with Crippen LogP contribution in [0.1, 0.15) is 13.3 Å². The second-order valence-electron chi connectivity index (χ2n) is 4.01. The third-order valence-electron chi connectivity index (χ3n) is 2.78. The van der Waals surface area contributed by atoms with Gasteiger partial charge in [-0.25, -0.2) is 9.07 Å². The minimum atomic E-state index is -0.444. The number of nitrogens with zero attached hydrogens (tertiary/aromatic N) is 3. The predicted molar refractivity (Wildman–Crippen MR) is 63.0 cm³/mol. The second-order valence-corrected chi connectivity index (χ2v) is 4.01. The highest BCUT2D eigenvalue weighted by molar-refractivity contribution is 5.78. The molecule has 92 valence electrons. The van der Waals surface area contributed by atoms with Crippen molar-refractivity contribution >= 4 is 16.7 Å². The Morgan fingerprint density at radius 3 is 3.00 bits per heavy atom. The Bertz CT molecular complexity index is 525. The molecule has 0 radical (unpaired) electrons. The molecule has 2 rings (SSSR count). The molecule has 2 N–H and O–H groups in total. The number of methoxy groups -OCH3 is 1. The quantitative estimate of drug-likeness (QED) is 0.821. The topological polar surface area (TPSA) is 66.0 Å². The maximum atomic E-state index is 13.4. The number of aryl methyl sites for hydroxylation is 1. The summed E-state index contributed by atoms with van der Waals surface area (Å²) in [4.78, 5) is 0. The molecule has 0 spiro atoms. The maximum Gasteiger partial charge on any atom is 0.148 e. The van der Waals surface area contributed by atoms with Crippen LogP contribution in [0, 0.1) is 5.82 Å². The summed E-state index contributed by atoms with van der Waals surface area (Å²) in [6, 6.07) is 2.86. The van der Waals surface area contributed by atoms with Crippen LogP contribution in [0.5, 0.6) is 0 Å². The largest absolute Gasteiger partial charge is 0.396 e. The van der Waals surface area contributed by atoms with Crippen LogP contribution >= 0.6 is 0 Å². The Morgan fingerprint density at radius 2 is 2.29 bits per heavy atom. The molecule has 1 unspecified atom stereocenters. The lowest BCUT2D eigenvalue weighted by atomic mass is 10.2. The van der Waals surface area contributed by atoms with E-state index >= 15 is 0 Å². The van der Waals surface area contributed by atoms with Crippen molar-refractivity contribution in [3.05, 3.63) is 17.9 Å². The second kappa shape index (κ2) is 4.67. The number of anilines is 1. The summed E-state index contributed by atoms with van der Waals surface area (Å²) >= 11 is 0. The number of fused-ring (bicyclic) bond motifs is 1. The molecule has 0 saturated carbocycles. The van der Waals surface area contributed by atoms with E-state index in [0.29, 0.717) is 17.6 Å². The average Bonchev–Trinajstić information content (AvgIpc) is 2.69. The van der Waals surface area contributed by atoms with Gasteiger partial charge < -0.3 is 10.5 Å². The number of hydrogen-bond donors (Lipinski definition) is 1. The summed E-state index contributed by atoms with van der Waals surface area (Å²) in [6.07, 6.45) is 0.925. The van der Waals surface area contributed by atoms with Crippen LogP contribution < -0.4 is 5.73 Å². The Balaban J connectivity index is 2.26. The average molecular weight is 238 g/mol. The zero-order chi connectivity index (χ0) is 12.4. The first-order valence-corrected chi connectivity index (χ1v) is 5.43. The molecule has 5 nitrogen and oxygen atoms in total. The minimum absolute atomic E-state index is 0.0924. The zero-order valence-electron chi connectivity index (χ0n) is 9.85. The monoisotopic (exact) mass is 238 g/mol. The summed E-state index contributed by atoms with van der Waals surface area (Å²) in [5.74, 6) is -0.444. The summed E-state index contributed by atoms with van der Waals surface area (Å²) in [5.41, 5.74) is 6.82. The van der Waals surface area contributed by atoms with Crippen LogP contribution in [0.15, 0.2) is 12.1 Å². The molecule has 17 heavy (non-hydrogen) atoms. The standard InChI is InChI=1S/C11H15FN4O/c1-7(17-2)3-4-16-11-5-8(12)9(13)6-10(11)14-15-16/h5-7H,3-4,13H2,1-2H3. The fourth-order valence-electron chi connectivity index (χ4n) is 1.59. The van der Waals surface area contributed by atoms with E-state index in [4.69, 9.17) is 10.5 Å². The van der Waals surface area contributed by atoms with Crippen LogP contribution in [0.2, 0.25) is 0 Å². The first kappa shape index (κ1) is 11.8. The molecule has 1 aromatic heterocycles. The van der Waals surface area contributed by atoms with E-state index in [1.165, 1.54) is 12.1 Å². The van der Waals surface area contributed by atoms with Gasteiger partial charge in [-0.3, -0.25) is 0 Å². The highest BCUT2D eigenvalue weighted by Crippen LogP contribution is 2.19. The molecule has 0 aliphatic heterocycles. The van der Waals surface area contributed by atoms with Gasteiger partial charge in [-0.05, 0) is 19.4 Å². The van der Waals surface area contributed by atoms with E-state index in [2.05, 4.69) is 10.3 Å². The highest BCUT2D eigenvalue weighted by atomic mass is 19.1. The lowest BCUT2D eigenvalue weighted by molar-refractivity contribution is 0.106. The Labute approximate surface area is 98.4 Å². The van der Waals surface area contributed by atoms with Crippen molar-refractivity contribution in [2.24, 2.45) is 0 Å². The van der Waals surface area contributed by atoms with Crippen LogP contribution in [-0.2, 0) is 11.3 Å². The van der Waals surface area contributed by atoms with Gasteiger partial charge in [0, 0.05) is 19.7 Å². The van der Waals surface area contributed by atoms with Gasteiger partial charge in [0.05, 0.1) is 17.3 Å². The lowest BCUT2D eigenvalue weighted by Gasteiger charge is -2.09. The van der Waals surface area contributed by atoms with Crippen molar-refractivity contribution in [3.63, 3.8) is 0 Å². The smallest absolute Gasteiger partial charge is 0.148 e. The number of halogens is 1. The van der Waals surface area contributed by atoms with E-state index in [0.717, 1.165) is 6.42 Å². The summed E-state index contributed by atoms with van der Waals surface area (Å²) in [7, 11) is 1.66. The van der Waals surface area contributed by atoms with Crippen molar-refractivity contribution in [3.8, 4) is 0 Å². The van der Waals surface area contributed by atoms with Crippen LogP contribution in [0.4, 0.5) is 10.1 Å². The molecule has 0 aliphatic carbocycles. The molecular weight excluding hydrogens is 223 g/mol. The lowest BCUT2D eigenvalue weighted by Crippen LogP contribution is -2.10. The van der Waals surface area contributed by atoms with Gasteiger partial charge >= 0.3 is 0 Å². The van der Waals surface area contributed by atoms with Crippen LogP contribution in [-0.4, -0.2) is 28.2 Å². The van der Waals surface area contributed by atoms with Gasteiger partial charge in [-0.2, -0.15) is 0 Å². The van der Waals surface area contributed by atoms with Crippen LogP contribution in [0.25, 0.3) is 11.0 Å². The third kappa shape index (κ3) is 2.36. The number of ether oxygens (including phenoxy) is 1. The first-order valence-electron chi connectivity index (χ1n) is 5.43. The SMILES string of the molecule is COC(C)CCn1nnc2cc(N)c(F)cc21. The van der Waals surface area contributed by atoms with Gasteiger partial charge in [0.25, 0.3) is 0 Å². The van der Waals surface area contributed by atoms with Crippen molar-refractivity contribution in [1.82, 2.24) is 15.0 Å². The maximum absolute atomic E-state index is 13.4. The fraction of sp³-hybridized carbons (Fsp3) is 0.455. The van der Waals surface area contributed by atoms with Crippen molar-refractivity contribution in [2.45, 2.75) is 26.0 Å². The van der Waals surface area contributed by atoms with E-state index in [1.807, 2.05) is 6.92 Å². The number of aromatic nitrogens is 3. The third-order valence-corrected chi connectivity index (χ3v) is 2.78. The number of rotatable bonds is 4. The molecule has 0 saturated heterocycles. The predicted octanol–water partition coefficient (Wildman–Crippen LogP) is 1.58. The normalized spacial score (nSPS) is 13.1. The molecular formula is C11H15FN4O. The van der Waals surface area contributed by atoms with E-state index in [9.17, 15) is 4.39 Å². The van der Waals surface area contributed by atoms with E-state index in [-0.39, 0.29) is 11.8 Å². The molecule has 6 heteroatoms. The van der Waals surface area contributed by atoms with E-state index in [1.54, 1.807) is 11.8 Å².